The highest BCUT2D eigenvalue weighted by Gasteiger charge is 2.14. The zero-order valence-corrected chi connectivity index (χ0v) is 16.5. The van der Waals surface area contributed by atoms with Gasteiger partial charge in [-0.25, -0.2) is 19.9 Å². The maximum atomic E-state index is 6.18. The number of pyridine rings is 1. The fourth-order valence-corrected chi connectivity index (χ4v) is 3.82. The summed E-state index contributed by atoms with van der Waals surface area (Å²) in [5, 5.41) is 0.753. The van der Waals surface area contributed by atoms with E-state index in [0.29, 0.717) is 11.5 Å². The molecule has 0 aliphatic rings. The van der Waals surface area contributed by atoms with Crippen molar-refractivity contribution in [2.75, 3.05) is 5.73 Å². The summed E-state index contributed by atoms with van der Waals surface area (Å²) in [6, 6.07) is 16.2. The third-order valence-corrected chi connectivity index (χ3v) is 5.16. The van der Waals surface area contributed by atoms with Crippen molar-refractivity contribution in [3.63, 3.8) is 0 Å². The van der Waals surface area contributed by atoms with Gasteiger partial charge in [-0.05, 0) is 48.4 Å². The number of anilines is 1. The molecule has 5 rings (SSSR count). The third kappa shape index (κ3) is 2.80. The number of aromatic nitrogens is 5. The number of nitrogens with two attached hydrogens (primary N) is 1. The van der Waals surface area contributed by atoms with E-state index >= 15 is 0 Å². The first-order valence-corrected chi connectivity index (χ1v) is 9.52. The zero-order chi connectivity index (χ0) is 19.3. The minimum atomic E-state index is 0.415. The van der Waals surface area contributed by atoms with Crippen LogP contribution in [-0.4, -0.2) is 24.9 Å². The molecule has 0 amide bonds. The van der Waals surface area contributed by atoms with Gasteiger partial charge in [-0.2, -0.15) is 0 Å². The molecule has 3 N–H and O–H groups in total. The van der Waals surface area contributed by atoms with E-state index in [1.54, 1.807) is 0 Å². The number of benzene rings is 2. The van der Waals surface area contributed by atoms with E-state index < -0.39 is 0 Å². The molecule has 5 aromatic rings. The minimum Gasteiger partial charge on any atom is -0.383 e. The molecule has 6 nitrogen and oxygen atoms in total. The van der Waals surface area contributed by atoms with Crippen molar-refractivity contribution in [1.29, 1.82) is 0 Å². The Morgan fingerprint density at radius 2 is 1.86 bits per heavy atom. The second-order valence-corrected chi connectivity index (χ2v) is 7.49. The lowest BCUT2D eigenvalue weighted by Gasteiger charge is -2.11. The second-order valence-electron chi connectivity index (χ2n) is 6.58. The Hall–Kier alpha value is -3.32. The van der Waals surface area contributed by atoms with Crippen molar-refractivity contribution in [2.24, 2.45) is 0 Å². The quantitative estimate of drug-likeness (QED) is 0.415. The predicted molar refractivity (Wildman–Crippen MR) is 115 cm³/mol. The van der Waals surface area contributed by atoms with Gasteiger partial charge in [0.1, 0.15) is 18.0 Å². The lowest BCUT2D eigenvalue weighted by molar-refractivity contribution is 1.17. The Labute approximate surface area is 169 Å². The van der Waals surface area contributed by atoms with Gasteiger partial charge in [-0.1, -0.05) is 34.1 Å². The summed E-state index contributed by atoms with van der Waals surface area (Å²) in [5.41, 5.74) is 12.4. The standard InChI is InChI=1S/C21H15BrN6/c1-11-26-16-6-5-13(8-18(16)27-11)17-9-15(12-3-2-4-14(22)7-12)19-20(23)24-10-25-21(19)28-17/h2-10H,1H3,(H,26,27)(H2,23,24,25,28). The van der Waals surface area contributed by atoms with Crippen LogP contribution in [0, 0.1) is 6.92 Å². The van der Waals surface area contributed by atoms with Crippen LogP contribution in [0.1, 0.15) is 5.82 Å². The maximum Gasteiger partial charge on any atom is 0.165 e. The van der Waals surface area contributed by atoms with Crippen LogP contribution >= 0.6 is 15.9 Å². The van der Waals surface area contributed by atoms with Gasteiger partial charge in [0, 0.05) is 10.0 Å². The van der Waals surface area contributed by atoms with Gasteiger partial charge in [-0.15, -0.1) is 0 Å². The number of aromatic amines is 1. The summed E-state index contributed by atoms with van der Waals surface area (Å²) in [4.78, 5) is 21.0. The highest BCUT2D eigenvalue weighted by atomic mass is 79.9. The van der Waals surface area contributed by atoms with Crippen molar-refractivity contribution >= 4 is 43.8 Å². The van der Waals surface area contributed by atoms with Crippen molar-refractivity contribution in [1.82, 2.24) is 24.9 Å². The van der Waals surface area contributed by atoms with E-state index in [2.05, 4.69) is 41.9 Å². The summed E-state index contributed by atoms with van der Waals surface area (Å²) in [7, 11) is 0. The van der Waals surface area contributed by atoms with E-state index in [4.69, 9.17) is 10.7 Å². The van der Waals surface area contributed by atoms with Crippen molar-refractivity contribution in [3.8, 4) is 22.4 Å². The van der Waals surface area contributed by atoms with Gasteiger partial charge >= 0.3 is 0 Å². The summed E-state index contributed by atoms with van der Waals surface area (Å²) >= 11 is 3.55. The Bertz CT molecular complexity index is 1360. The van der Waals surface area contributed by atoms with Gasteiger partial charge in [-0.3, -0.25) is 0 Å². The number of rotatable bonds is 2. The molecule has 0 bridgehead atoms. The number of aryl methyl sites for hydroxylation is 1. The average Bonchev–Trinajstić information content (AvgIpc) is 3.06. The fourth-order valence-electron chi connectivity index (χ4n) is 3.42. The van der Waals surface area contributed by atoms with Gasteiger partial charge in [0.05, 0.1) is 22.1 Å². The number of hydrogen-bond donors (Lipinski definition) is 2. The number of fused-ring (bicyclic) bond motifs is 2. The predicted octanol–water partition coefficient (Wildman–Crippen LogP) is 4.89. The van der Waals surface area contributed by atoms with E-state index in [0.717, 1.165) is 49.1 Å². The molecule has 0 saturated heterocycles. The first-order chi connectivity index (χ1) is 13.6. The van der Waals surface area contributed by atoms with E-state index in [1.165, 1.54) is 6.33 Å². The Kier molecular flexibility index (Phi) is 3.84. The normalized spacial score (nSPS) is 11.4. The van der Waals surface area contributed by atoms with Gasteiger partial charge in [0.15, 0.2) is 5.65 Å². The number of hydrogen-bond acceptors (Lipinski definition) is 5. The molecule has 0 saturated carbocycles. The molecule has 28 heavy (non-hydrogen) atoms. The van der Waals surface area contributed by atoms with Crippen LogP contribution in [0.3, 0.4) is 0 Å². The monoisotopic (exact) mass is 430 g/mol. The molecular weight excluding hydrogens is 416 g/mol. The zero-order valence-electron chi connectivity index (χ0n) is 14.9. The molecule has 0 radical (unpaired) electrons. The first kappa shape index (κ1) is 16.8. The van der Waals surface area contributed by atoms with Gasteiger partial charge < -0.3 is 10.7 Å². The largest absolute Gasteiger partial charge is 0.383 e. The Morgan fingerprint density at radius 1 is 0.964 bits per heavy atom. The number of halogens is 1. The highest BCUT2D eigenvalue weighted by molar-refractivity contribution is 9.10. The summed E-state index contributed by atoms with van der Waals surface area (Å²) in [6.45, 7) is 1.94. The van der Waals surface area contributed by atoms with Crippen LogP contribution in [0.15, 0.2) is 59.3 Å². The van der Waals surface area contributed by atoms with Crippen LogP contribution in [0.5, 0.6) is 0 Å². The number of H-pyrrole nitrogens is 1. The topological polar surface area (TPSA) is 93.4 Å². The Morgan fingerprint density at radius 3 is 2.71 bits per heavy atom. The molecule has 0 atom stereocenters. The van der Waals surface area contributed by atoms with E-state index in [-0.39, 0.29) is 0 Å². The molecule has 3 aromatic heterocycles. The van der Waals surface area contributed by atoms with E-state index in [9.17, 15) is 0 Å². The van der Waals surface area contributed by atoms with Crippen LogP contribution in [0.25, 0.3) is 44.5 Å². The third-order valence-electron chi connectivity index (χ3n) is 4.67. The lowest BCUT2D eigenvalue weighted by Crippen LogP contribution is -1.98. The lowest BCUT2D eigenvalue weighted by atomic mass is 9.99. The molecule has 3 heterocycles. The van der Waals surface area contributed by atoms with Crippen molar-refractivity contribution < 1.29 is 0 Å². The van der Waals surface area contributed by atoms with Crippen LogP contribution < -0.4 is 5.73 Å². The molecule has 0 aliphatic heterocycles. The average molecular weight is 431 g/mol. The highest BCUT2D eigenvalue weighted by Crippen LogP contribution is 2.35. The number of nitrogens with one attached hydrogen (secondary N) is 1. The number of nitrogen functional groups attached to an aromatic ring is 1. The molecule has 0 aliphatic carbocycles. The summed E-state index contributed by atoms with van der Waals surface area (Å²) < 4.78 is 0.987. The van der Waals surface area contributed by atoms with Crippen molar-refractivity contribution in [2.45, 2.75) is 6.92 Å². The SMILES string of the molecule is Cc1nc2ccc(-c3cc(-c4cccc(Br)c4)c4c(N)ncnc4n3)cc2[nH]1. The summed E-state index contributed by atoms with van der Waals surface area (Å²) in [5.74, 6) is 1.30. The minimum absolute atomic E-state index is 0.415. The smallest absolute Gasteiger partial charge is 0.165 e. The number of nitrogens with zero attached hydrogens (tertiary/aromatic N) is 4. The molecular formula is C21H15BrN6. The molecule has 0 spiro atoms. The van der Waals surface area contributed by atoms with Gasteiger partial charge in [0.25, 0.3) is 0 Å². The first-order valence-electron chi connectivity index (χ1n) is 8.72. The summed E-state index contributed by atoms with van der Waals surface area (Å²) in [6.07, 6.45) is 1.45. The van der Waals surface area contributed by atoms with Gasteiger partial charge in [0.2, 0.25) is 0 Å². The van der Waals surface area contributed by atoms with Crippen molar-refractivity contribution in [3.05, 3.63) is 65.2 Å². The molecule has 136 valence electrons. The fraction of sp³-hybridized carbons (Fsp3) is 0.0476. The second kappa shape index (κ2) is 6.38. The van der Waals surface area contributed by atoms with E-state index in [1.807, 2.05) is 49.4 Å². The maximum absolute atomic E-state index is 6.18. The molecule has 2 aromatic carbocycles. The van der Waals surface area contributed by atoms with Crippen LogP contribution in [0.4, 0.5) is 5.82 Å². The Balaban J connectivity index is 1.80. The molecule has 0 unspecified atom stereocenters. The van der Waals surface area contributed by atoms with Crippen LogP contribution in [-0.2, 0) is 0 Å². The molecule has 7 heteroatoms. The van der Waals surface area contributed by atoms with Crippen LogP contribution in [0.2, 0.25) is 0 Å². The molecule has 0 fully saturated rings. The number of imidazole rings is 1.